The topological polar surface area (TPSA) is 130 Å². The number of rotatable bonds is 1. The summed E-state index contributed by atoms with van der Waals surface area (Å²) in [7, 11) is 0. The molecule has 6 N–H and O–H groups in total. The number of hydrogen-bond acceptors (Lipinski definition) is 7. The molecule has 0 unspecified atom stereocenters. The zero-order chi connectivity index (χ0) is 13.4. The number of benzene rings is 1. The number of aromatic nitrogens is 4. The summed E-state index contributed by atoms with van der Waals surface area (Å²) >= 11 is 0. The third-order valence-corrected chi connectivity index (χ3v) is 2.65. The highest BCUT2D eigenvalue weighted by Gasteiger charge is 2.11. The SMILES string of the molecule is Nc1nc2nc(-c3ccccc3)nc(N)c2nc1N. The second kappa shape index (κ2) is 4.05. The molecule has 7 nitrogen and oxygen atoms in total. The summed E-state index contributed by atoms with van der Waals surface area (Å²) in [4.78, 5) is 16.6. The van der Waals surface area contributed by atoms with Crippen LogP contribution in [0.25, 0.3) is 22.6 Å². The number of anilines is 3. The van der Waals surface area contributed by atoms with E-state index in [1.54, 1.807) is 0 Å². The van der Waals surface area contributed by atoms with Crippen LogP contribution < -0.4 is 17.2 Å². The van der Waals surface area contributed by atoms with Gasteiger partial charge in [0.05, 0.1) is 0 Å². The van der Waals surface area contributed by atoms with Crippen molar-refractivity contribution in [3.05, 3.63) is 30.3 Å². The number of nitrogens with zero attached hydrogens (tertiary/aromatic N) is 4. The third-order valence-electron chi connectivity index (χ3n) is 2.65. The number of fused-ring (bicyclic) bond motifs is 1. The lowest BCUT2D eigenvalue weighted by molar-refractivity contribution is 1.17. The minimum atomic E-state index is 0.121. The lowest BCUT2D eigenvalue weighted by Gasteiger charge is -2.06. The first kappa shape index (κ1) is 11.1. The molecule has 3 rings (SSSR count). The molecule has 7 heteroatoms. The molecule has 1 aromatic carbocycles. The van der Waals surface area contributed by atoms with E-state index in [1.807, 2.05) is 30.3 Å². The van der Waals surface area contributed by atoms with Crippen molar-refractivity contribution in [2.45, 2.75) is 0 Å². The van der Waals surface area contributed by atoms with Crippen molar-refractivity contribution < 1.29 is 0 Å². The number of hydrogen-bond donors (Lipinski definition) is 3. The van der Waals surface area contributed by atoms with Crippen molar-refractivity contribution in [3.63, 3.8) is 0 Å². The Kier molecular flexibility index (Phi) is 2.38. The summed E-state index contributed by atoms with van der Waals surface area (Å²) in [6.07, 6.45) is 0. The molecule has 19 heavy (non-hydrogen) atoms. The van der Waals surface area contributed by atoms with E-state index in [0.717, 1.165) is 5.56 Å². The molecular weight excluding hydrogens is 242 g/mol. The fourth-order valence-electron chi connectivity index (χ4n) is 1.71. The summed E-state index contributed by atoms with van der Waals surface area (Å²) in [5.74, 6) is 0.951. The Balaban J connectivity index is 2.28. The van der Waals surface area contributed by atoms with Crippen molar-refractivity contribution in [2.24, 2.45) is 0 Å². The maximum atomic E-state index is 5.86. The van der Waals surface area contributed by atoms with Gasteiger partial charge < -0.3 is 17.2 Å². The van der Waals surface area contributed by atoms with Gasteiger partial charge in [-0.15, -0.1) is 0 Å². The summed E-state index contributed by atoms with van der Waals surface area (Å²) in [6, 6.07) is 9.46. The molecule has 0 atom stereocenters. The number of nitrogen functional groups attached to an aromatic ring is 3. The van der Waals surface area contributed by atoms with Gasteiger partial charge in [-0.05, 0) is 0 Å². The van der Waals surface area contributed by atoms with Crippen LogP contribution >= 0.6 is 0 Å². The van der Waals surface area contributed by atoms with Gasteiger partial charge in [0.1, 0.15) is 0 Å². The van der Waals surface area contributed by atoms with Crippen LogP contribution in [0.5, 0.6) is 0 Å². The number of nitrogens with two attached hydrogens (primary N) is 3. The van der Waals surface area contributed by atoms with Crippen molar-refractivity contribution >= 4 is 28.6 Å². The maximum absolute atomic E-state index is 5.86. The molecule has 0 amide bonds. The zero-order valence-corrected chi connectivity index (χ0v) is 9.91. The van der Waals surface area contributed by atoms with E-state index in [-0.39, 0.29) is 17.5 Å². The van der Waals surface area contributed by atoms with E-state index in [1.165, 1.54) is 0 Å². The van der Waals surface area contributed by atoms with E-state index in [4.69, 9.17) is 17.2 Å². The fraction of sp³-hybridized carbons (Fsp3) is 0. The van der Waals surface area contributed by atoms with E-state index in [9.17, 15) is 0 Å². The molecule has 0 radical (unpaired) electrons. The molecule has 0 aliphatic heterocycles. The Bertz CT molecular complexity index is 755. The first-order valence-corrected chi connectivity index (χ1v) is 5.57. The van der Waals surface area contributed by atoms with Gasteiger partial charge in [0.15, 0.2) is 34.4 Å². The second-order valence-electron chi connectivity index (χ2n) is 3.96. The highest BCUT2D eigenvalue weighted by atomic mass is 15.1. The van der Waals surface area contributed by atoms with Gasteiger partial charge in [-0.25, -0.2) is 19.9 Å². The Labute approximate surface area is 108 Å². The molecule has 0 spiro atoms. The molecule has 0 aliphatic carbocycles. The molecule has 0 bridgehead atoms. The van der Waals surface area contributed by atoms with Gasteiger partial charge in [0.2, 0.25) is 0 Å². The van der Waals surface area contributed by atoms with E-state index in [0.29, 0.717) is 17.0 Å². The molecule has 3 aromatic rings. The van der Waals surface area contributed by atoms with Gasteiger partial charge in [-0.1, -0.05) is 30.3 Å². The first-order chi connectivity index (χ1) is 9.15. The lowest BCUT2D eigenvalue weighted by atomic mass is 10.2. The van der Waals surface area contributed by atoms with Crippen LogP contribution in [0.3, 0.4) is 0 Å². The van der Waals surface area contributed by atoms with Gasteiger partial charge in [-0.3, -0.25) is 0 Å². The molecule has 0 aliphatic rings. The minimum absolute atomic E-state index is 0.121. The molecule has 94 valence electrons. The van der Waals surface area contributed by atoms with E-state index >= 15 is 0 Å². The molecule has 0 saturated carbocycles. The van der Waals surface area contributed by atoms with Crippen molar-refractivity contribution in [2.75, 3.05) is 17.2 Å². The highest BCUT2D eigenvalue weighted by molar-refractivity contribution is 5.85. The van der Waals surface area contributed by atoms with Crippen molar-refractivity contribution in [1.29, 1.82) is 0 Å². The quantitative estimate of drug-likeness (QED) is 0.585. The van der Waals surface area contributed by atoms with E-state index in [2.05, 4.69) is 19.9 Å². The van der Waals surface area contributed by atoms with Crippen LogP contribution in [0.15, 0.2) is 30.3 Å². The van der Waals surface area contributed by atoms with Crippen LogP contribution in [-0.2, 0) is 0 Å². The van der Waals surface area contributed by atoms with Crippen LogP contribution in [0.1, 0.15) is 0 Å². The fourth-order valence-corrected chi connectivity index (χ4v) is 1.71. The monoisotopic (exact) mass is 253 g/mol. The summed E-state index contributed by atoms with van der Waals surface area (Å²) < 4.78 is 0. The molecule has 2 aromatic heterocycles. The maximum Gasteiger partial charge on any atom is 0.186 e. The van der Waals surface area contributed by atoms with Gasteiger partial charge in [0.25, 0.3) is 0 Å². The Morgan fingerprint density at radius 1 is 0.684 bits per heavy atom. The second-order valence-corrected chi connectivity index (χ2v) is 3.96. The predicted molar refractivity (Wildman–Crippen MR) is 73.8 cm³/mol. The first-order valence-electron chi connectivity index (χ1n) is 5.57. The highest BCUT2D eigenvalue weighted by Crippen LogP contribution is 2.22. The minimum Gasteiger partial charge on any atom is -0.382 e. The van der Waals surface area contributed by atoms with Gasteiger partial charge >= 0.3 is 0 Å². The summed E-state index contributed by atoms with van der Waals surface area (Å²) in [5, 5.41) is 0. The van der Waals surface area contributed by atoms with Crippen LogP contribution in [0.4, 0.5) is 17.5 Å². The molecular formula is C12H11N7. The normalized spacial score (nSPS) is 10.7. The molecule has 0 fully saturated rings. The average Bonchev–Trinajstić information content (AvgIpc) is 2.42. The van der Waals surface area contributed by atoms with Crippen LogP contribution in [0, 0.1) is 0 Å². The predicted octanol–water partition coefficient (Wildman–Crippen LogP) is 0.833. The molecule has 2 heterocycles. The largest absolute Gasteiger partial charge is 0.382 e. The van der Waals surface area contributed by atoms with E-state index < -0.39 is 0 Å². The summed E-state index contributed by atoms with van der Waals surface area (Å²) in [5.41, 5.74) is 18.6. The standard InChI is InChI=1S/C12H11N7/c13-8-7-12(18-10(15)9(14)16-7)19-11(17-8)6-4-2-1-3-5-6/h1-5H,(H2,14,16)(H4,13,15,17,18,19). The van der Waals surface area contributed by atoms with Gasteiger partial charge in [-0.2, -0.15) is 0 Å². The zero-order valence-electron chi connectivity index (χ0n) is 9.91. The van der Waals surface area contributed by atoms with Crippen LogP contribution in [0.2, 0.25) is 0 Å². The van der Waals surface area contributed by atoms with Crippen LogP contribution in [-0.4, -0.2) is 19.9 Å². The Morgan fingerprint density at radius 3 is 2.11 bits per heavy atom. The lowest BCUT2D eigenvalue weighted by Crippen LogP contribution is -2.06. The Hall–Kier alpha value is -2.96. The van der Waals surface area contributed by atoms with Crippen molar-refractivity contribution in [3.8, 4) is 11.4 Å². The van der Waals surface area contributed by atoms with Gasteiger partial charge in [0, 0.05) is 5.56 Å². The third kappa shape index (κ3) is 1.86. The Morgan fingerprint density at radius 2 is 1.37 bits per heavy atom. The average molecular weight is 253 g/mol. The van der Waals surface area contributed by atoms with Crippen molar-refractivity contribution in [1.82, 2.24) is 19.9 Å². The summed E-state index contributed by atoms with van der Waals surface area (Å²) in [6.45, 7) is 0. The smallest absolute Gasteiger partial charge is 0.186 e. The molecule has 0 saturated heterocycles.